The zero-order valence-corrected chi connectivity index (χ0v) is 16.5. The Morgan fingerprint density at radius 3 is 2.47 bits per heavy atom. The average molecular weight is 406 g/mol. The van der Waals surface area contributed by atoms with Gasteiger partial charge in [0.1, 0.15) is 30.0 Å². The van der Waals surface area contributed by atoms with Gasteiger partial charge in [0.15, 0.2) is 0 Å². The van der Waals surface area contributed by atoms with E-state index in [-0.39, 0.29) is 29.2 Å². The van der Waals surface area contributed by atoms with Crippen molar-refractivity contribution in [2.45, 2.75) is 19.1 Å². The number of aromatic nitrogens is 1. The molecule has 3 aromatic rings. The van der Waals surface area contributed by atoms with Crippen LogP contribution in [0.3, 0.4) is 0 Å². The maximum atomic E-state index is 14.7. The molecule has 1 atom stereocenters. The summed E-state index contributed by atoms with van der Waals surface area (Å²) in [5.41, 5.74) is -1.30. The molecule has 0 saturated carbocycles. The fraction of sp³-hybridized carbons (Fsp3) is 0.174. The zero-order chi connectivity index (χ0) is 21.6. The van der Waals surface area contributed by atoms with E-state index in [4.69, 9.17) is 14.2 Å². The Morgan fingerprint density at radius 2 is 1.83 bits per heavy atom. The summed E-state index contributed by atoms with van der Waals surface area (Å²) < 4.78 is 31.0. The number of hydrogen-bond acceptors (Lipinski definition) is 6. The number of nitriles is 1. The van der Waals surface area contributed by atoms with E-state index in [1.165, 1.54) is 19.1 Å². The minimum absolute atomic E-state index is 0.00503. The van der Waals surface area contributed by atoms with Gasteiger partial charge in [0.05, 0.1) is 7.11 Å². The third kappa shape index (κ3) is 4.23. The fourth-order valence-corrected chi connectivity index (χ4v) is 2.89. The molecule has 0 aliphatic heterocycles. The third-order valence-corrected chi connectivity index (χ3v) is 4.50. The number of ether oxygens (including phenoxy) is 3. The molecule has 3 rings (SSSR count). The SMILES string of the molecule is COC(=O)C(C#N)(Oc1ccccc1)c1cc(OCc2ccncc2)cc(F)c1C. The van der Waals surface area contributed by atoms with Crippen LogP contribution in [-0.2, 0) is 21.7 Å². The number of esters is 1. The summed E-state index contributed by atoms with van der Waals surface area (Å²) in [5.74, 6) is -1.21. The minimum atomic E-state index is -2.21. The van der Waals surface area contributed by atoms with Crippen molar-refractivity contribution < 1.29 is 23.4 Å². The van der Waals surface area contributed by atoms with Crippen LogP contribution >= 0.6 is 0 Å². The van der Waals surface area contributed by atoms with Crippen LogP contribution in [0.4, 0.5) is 4.39 Å². The molecule has 6 nitrogen and oxygen atoms in total. The summed E-state index contributed by atoms with van der Waals surface area (Å²) in [5, 5.41) is 9.96. The predicted octanol–water partition coefficient (Wildman–Crippen LogP) is 4.08. The Labute approximate surface area is 173 Å². The Bertz CT molecular complexity index is 1070. The van der Waals surface area contributed by atoms with Crippen LogP contribution in [0, 0.1) is 24.1 Å². The molecule has 0 amide bonds. The van der Waals surface area contributed by atoms with Crippen molar-refractivity contribution in [1.82, 2.24) is 4.98 Å². The van der Waals surface area contributed by atoms with Crippen LogP contribution in [0.5, 0.6) is 11.5 Å². The average Bonchev–Trinajstić information content (AvgIpc) is 2.79. The fourth-order valence-electron chi connectivity index (χ4n) is 2.89. The van der Waals surface area contributed by atoms with E-state index in [2.05, 4.69) is 4.98 Å². The number of carbonyl (C=O) groups excluding carboxylic acids is 1. The van der Waals surface area contributed by atoms with Crippen molar-refractivity contribution in [3.05, 3.63) is 89.5 Å². The van der Waals surface area contributed by atoms with E-state index >= 15 is 0 Å². The molecule has 0 aliphatic rings. The van der Waals surface area contributed by atoms with Crippen LogP contribution in [0.15, 0.2) is 67.0 Å². The second-order valence-corrected chi connectivity index (χ2v) is 6.42. The van der Waals surface area contributed by atoms with Crippen molar-refractivity contribution in [3.63, 3.8) is 0 Å². The Balaban J connectivity index is 2.05. The van der Waals surface area contributed by atoms with Crippen LogP contribution in [0.2, 0.25) is 0 Å². The maximum absolute atomic E-state index is 14.7. The lowest BCUT2D eigenvalue weighted by Gasteiger charge is -2.27. The number of carbonyl (C=O) groups is 1. The number of methoxy groups -OCH3 is 1. The number of para-hydroxylation sites is 1. The molecular formula is C23H19FN2O4. The molecule has 2 aromatic carbocycles. The third-order valence-electron chi connectivity index (χ3n) is 4.50. The molecule has 0 saturated heterocycles. The van der Waals surface area contributed by atoms with Crippen molar-refractivity contribution in [3.8, 4) is 17.6 Å². The van der Waals surface area contributed by atoms with E-state index < -0.39 is 17.4 Å². The van der Waals surface area contributed by atoms with Gasteiger partial charge in [-0.3, -0.25) is 4.98 Å². The first-order valence-electron chi connectivity index (χ1n) is 9.06. The molecule has 0 fully saturated rings. The highest BCUT2D eigenvalue weighted by atomic mass is 19.1. The van der Waals surface area contributed by atoms with Crippen LogP contribution in [0.25, 0.3) is 0 Å². The van der Waals surface area contributed by atoms with Crippen LogP contribution < -0.4 is 9.47 Å². The topological polar surface area (TPSA) is 81.4 Å². The number of benzene rings is 2. The second kappa shape index (κ2) is 9.05. The van der Waals surface area contributed by atoms with Crippen molar-refractivity contribution >= 4 is 5.97 Å². The molecule has 0 bridgehead atoms. The Kier molecular flexibility index (Phi) is 6.28. The molecule has 1 aromatic heterocycles. The summed E-state index contributed by atoms with van der Waals surface area (Å²) in [4.78, 5) is 16.6. The molecule has 0 aliphatic carbocycles. The van der Waals surface area contributed by atoms with Gasteiger partial charge in [0.2, 0.25) is 0 Å². The van der Waals surface area contributed by atoms with Crippen LogP contribution in [0.1, 0.15) is 16.7 Å². The lowest BCUT2D eigenvalue weighted by atomic mass is 9.90. The summed E-state index contributed by atoms with van der Waals surface area (Å²) in [6.45, 7) is 1.61. The van der Waals surface area contributed by atoms with Crippen LogP contribution in [-0.4, -0.2) is 18.1 Å². The van der Waals surface area contributed by atoms with Crippen molar-refractivity contribution in [2.75, 3.05) is 7.11 Å². The largest absolute Gasteiger partial charge is 0.489 e. The van der Waals surface area contributed by atoms with E-state index in [1.54, 1.807) is 54.9 Å². The lowest BCUT2D eigenvalue weighted by molar-refractivity contribution is -0.155. The highest BCUT2D eigenvalue weighted by molar-refractivity contribution is 5.86. The first kappa shape index (κ1) is 20.8. The number of nitrogens with zero attached hydrogens (tertiary/aromatic N) is 2. The summed E-state index contributed by atoms with van der Waals surface area (Å²) >= 11 is 0. The highest BCUT2D eigenvalue weighted by Crippen LogP contribution is 2.35. The molecule has 1 unspecified atom stereocenters. The molecular weight excluding hydrogens is 387 g/mol. The monoisotopic (exact) mass is 406 g/mol. The molecule has 1 heterocycles. The van der Waals surface area contributed by atoms with E-state index in [0.717, 1.165) is 12.7 Å². The second-order valence-electron chi connectivity index (χ2n) is 6.42. The molecule has 0 spiro atoms. The maximum Gasteiger partial charge on any atom is 0.370 e. The summed E-state index contributed by atoms with van der Waals surface area (Å²) in [7, 11) is 1.14. The number of rotatable bonds is 7. The Hall–Kier alpha value is -3.92. The van der Waals surface area contributed by atoms with Crippen molar-refractivity contribution in [2.24, 2.45) is 0 Å². The van der Waals surface area contributed by atoms with Gasteiger partial charge >= 0.3 is 11.6 Å². The van der Waals surface area contributed by atoms with Gasteiger partial charge in [-0.2, -0.15) is 5.26 Å². The van der Waals surface area contributed by atoms with E-state index in [9.17, 15) is 14.4 Å². The normalized spacial score (nSPS) is 12.3. The highest BCUT2D eigenvalue weighted by Gasteiger charge is 2.47. The molecule has 7 heteroatoms. The first-order chi connectivity index (χ1) is 14.5. The zero-order valence-electron chi connectivity index (χ0n) is 16.5. The summed E-state index contributed by atoms with van der Waals surface area (Å²) in [6, 6.07) is 16.3. The smallest absolute Gasteiger partial charge is 0.370 e. The van der Waals surface area contributed by atoms with E-state index in [1.807, 2.05) is 6.07 Å². The Morgan fingerprint density at radius 1 is 1.13 bits per heavy atom. The summed E-state index contributed by atoms with van der Waals surface area (Å²) in [6.07, 6.45) is 3.23. The van der Waals surface area contributed by atoms with Gasteiger partial charge in [-0.05, 0) is 48.4 Å². The standard InChI is InChI=1S/C23H19FN2O4/c1-16-20(12-19(13-21(16)24)29-14-17-8-10-26-11-9-17)23(15-25,22(27)28-2)30-18-6-4-3-5-7-18/h3-13H,14H2,1-2H3. The van der Waals surface area contributed by atoms with Gasteiger partial charge in [-0.25, -0.2) is 9.18 Å². The molecule has 30 heavy (non-hydrogen) atoms. The molecule has 152 valence electrons. The predicted molar refractivity (Wildman–Crippen MR) is 106 cm³/mol. The number of hydrogen-bond donors (Lipinski definition) is 0. The van der Waals surface area contributed by atoms with Gasteiger partial charge in [0.25, 0.3) is 0 Å². The number of halogens is 1. The van der Waals surface area contributed by atoms with Gasteiger partial charge < -0.3 is 14.2 Å². The minimum Gasteiger partial charge on any atom is -0.489 e. The molecule has 0 N–H and O–H groups in total. The van der Waals surface area contributed by atoms with E-state index in [0.29, 0.717) is 0 Å². The van der Waals surface area contributed by atoms with Gasteiger partial charge in [0, 0.05) is 24.0 Å². The molecule has 0 radical (unpaired) electrons. The lowest BCUT2D eigenvalue weighted by Crippen LogP contribution is -2.42. The van der Waals surface area contributed by atoms with Gasteiger partial charge in [-0.1, -0.05) is 18.2 Å². The number of pyridine rings is 1. The first-order valence-corrected chi connectivity index (χ1v) is 9.06. The quantitative estimate of drug-likeness (QED) is 0.550. The van der Waals surface area contributed by atoms with Crippen molar-refractivity contribution in [1.29, 1.82) is 5.26 Å². The van der Waals surface area contributed by atoms with Gasteiger partial charge in [-0.15, -0.1) is 0 Å².